The van der Waals surface area contributed by atoms with Crippen molar-refractivity contribution in [3.8, 4) is 5.75 Å². The summed E-state index contributed by atoms with van der Waals surface area (Å²) in [5.74, 6) is 0.519. The number of nitrogens with two attached hydrogens (primary N) is 1. The molecule has 1 fully saturated rings. The molecule has 0 atom stereocenters. The zero-order valence-corrected chi connectivity index (χ0v) is 11.6. The van der Waals surface area contributed by atoms with Crippen molar-refractivity contribution in [2.45, 2.75) is 31.2 Å². The largest absolute Gasteiger partial charge is 0.492 e. The third-order valence-corrected chi connectivity index (χ3v) is 3.48. The summed E-state index contributed by atoms with van der Waals surface area (Å²) in [5, 5.41) is 0. The van der Waals surface area contributed by atoms with Crippen LogP contribution in [0.25, 0.3) is 0 Å². The minimum Gasteiger partial charge on any atom is -0.492 e. The second-order valence-corrected chi connectivity index (χ2v) is 5.43. The van der Waals surface area contributed by atoms with Crippen molar-refractivity contribution in [2.75, 3.05) is 20.7 Å². The fraction of sp³-hybridized carbons (Fsp3) is 0.571. The molecule has 2 rings (SSSR count). The number of ether oxygens (including phenoxy) is 1. The van der Waals surface area contributed by atoms with Gasteiger partial charge in [0.1, 0.15) is 18.1 Å². The number of aromatic nitrogens is 1. The molecule has 0 aromatic carbocycles. The van der Waals surface area contributed by atoms with E-state index in [1.54, 1.807) is 32.4 Å². The first-order chi connectivity index (χ1) is 9.00. The quantitative estimate of drug-likeness (QED) is 0.892. The van der Waals surface area contributed by atoms with E-state index in [4.69, 9.17) is 10.5 Å². The van der Waals surface area contributed by atoms with Gasteiger partial charge in [0.25, 0.3) is 5.91 Å². The van der Waals surface area contributed by atoms with E-state index in [0.717, 1.165) is 12.8 Å². The van der Waals surface area contributed by atoms with Gasteiger partial charge in [-0.2, -0.15) is 0 Å². The molecule has 0 bridgehead atoms. The van der Waals surface area contributed by atoms with Gasteiger partial charge in [0, 0.05) is 26.4 Å². The molecule has 0 aliphatic heterocycles. The Morgan fingerprint density at radius 3 is 2.79 bits per heavy atom. The van der Waals surface area contributed by atoms with Crippen molar-refractivity contribution >= 4 is 5.91 Å². The Hall–Kier alpha value is -1.62. The van der Waals surface area contributed by atoms with Gasteiger partial charge in [0.15, 0.2) is 0 Å². The summed E-state index contributed by atoms with van der Waals surface area (Å²) in [6.07, 6.45) is 5.92. The van der Waals surface area contributed by atoms with E-state index < -0.39 is 0 Å². The summed E-state index contributed by atoms with van der Waals surface area (Å²) < 4.78 is 5.73. The molecule has 1 aromatic heterocycles. The molecule has 0 radical (unpaired) electrons. The Kier molecular flexibility index (Phi) is 4.04. The first-order valence-electron chi connectivity index (χ1n) is 6.60. The number of rotatable bonds is 4. The Labute approximate surface area is 113 Å². The summed E-state index contributed by atoms with van der Waals surface area (Å²) in [6.45, 7) is 0.493. The van der Waals surface area contributed by atoms with Crippen molar-refractivity contribution in [1.29, 1.82) is 0 Å². The molecule has 0 spiro atoms. The monoisotopic (exact) mass is 263 g/mol. The maximum atomic E-state index is 11.8. The van der Waals surface area contributed by atoms with Crippen LogP contribution in [0, 0.1) is 0 Å². The maximum absolute atomic E-state index is 11.8. The number of nitrogens with zero attached hydrogens (tertiary/aromatic N) is 2. The molecule has 2 N–H and O–H groups in total. The number of amides is 1. The van der Waals surface area contributed by atoms with Crippen LogP contribution < -0.4 is 10.5 Å². The van der Waals surface area contributed by atoms with Crippen molar-refractivity contribution in [2.24, 2.45) is 5.73 Å². The molecule has 0 saturated heterocycles. The molecule has 104 valence electrons. The van der Waals surface area contributed by atoms with Gasteiger partial charge >= 0.3 is 0 Å². The number of hydrogen-bond acceptors (Lipinski definition) is 4. The fourth-order valence-corrected chi connectivity index (χ4v) is 2.30. The van der Waals surface area contributed by atoms with Gasteiger partial charge in [0.2, 0.25) is 0 Å². The van der Waals surface area contributed by atoms with Gasteiger partial charge in [0.05, 0.1) is 5.54 Å². The normalized spacial score (nSPS) is 17.2. The maximum Gasteiger partial charge on any atom is 0.272 e. The van der Waals surface area contributed by atoms with E-state index in [0.29, 0.717) is 18.1 Å². The van der Waals surface area contributed by atoms with Crippen LogP contribution in [0.4, 0.5) is 0 Å². The highest BCUT2D eigenvalue weighted by Gasteiger charge is 2.30. The van der Waals surface area contributed by atoms with Crippen LogP contribution in [0.2, 0.25) is 0 Å². The van der Waals surface area contributed by atoms with E-state index >= 15 is 0 Å². The Balaban J connectivity index is 2.01. The van der Waals surface area contributed by atoms with Gasteiger partial charge in [-0.3, -0.25) is 9.78 Å². The average molecular weight is 263 g/mol. The van der Waals surface area contributed by atoms with Crippen LogP contribution in [-0.4, -0.2) is 42.0 Å². The van der Waals surface area contributed by atoms with Crippen LogP contribution in [0.3, 0.4) is 0 Å². The topological polar surface area (TPSA) is 68.5 Å². The SMILES string of the molecule is CN(C)C(=O)c1cc(OCC2(N)CCCC2)ccn1. The molecular weight excluding hydrogens is 242 g/mol. The van der Waals surface area contributed by atoms with E-state index in [-0.39, 0.29) is 11.4 Å². The summed E-state index contributed by atoms with van der Waals surface area (Å²) in [7, 11) is 3.40. The van der Waals surface area contributed by atoms with E-state index in [1.807, 2.05) is 0 Å². The molecule has 1 aliphatic carbocycles. The summed E-state index contributed by atoms with van der Waals surface area (Å²) in [6, 6.07) is 3.42. The van der Waals surface area contributed by atoms with E-state index in [2.05, 4.69) is 4.98 Å². The molecule has 0 unspecified atom stereocenters. The predicted octanol–water partition coefficient (Wildman–Crippen LogP) is 1.43. The third kappa shape index (κ3) is 3.44. The zero-order chi connectivity index (χ0) is 13.9. The highest BCUT2D eigenvalue weighted by atomic mass is 16.5. The number of carbonyl (C=O) groups excluding carboxylic acids is 1. The van der Waals surface area contributed by atoms with Crippen molar-refractivity contribution in [3.63, 3.8) is 0 Å². The second-order valence-electron chi connectivity index (χ2n) is 5.43. The summed E-state index contributed by atoms with van der Waals surface area (Å²) in [4.78, 5) is 17.4. The van der Waals surface area contributed by atoms with Crippen LogP contribution >= 0.6 is 0 Å². The molecule has 5 nitrogen and oxygen atoms in total. The Morgan fingerprint density at radius 1 is 1.47 bits per heavy atom. The lowest BCUT2D eigenvalue weighted by Crippen LogP contribution is -2.42. The van der Waals surface area contributed by atoms with Crippen LogP contribution in [0.1, 0.15) is 36.2 Å². The van der Waals surface area contributed by atoms with Gasteiger partial charge in [-0.25, -0.2) is 0 Å². The molecule has 1 aliphatic rings. The Morgan fingerprint density at radius 2 is 2.16 bits per heavy atom. The smallest absolute Gasteiger partial charge is 0.272 e. The highest BCUT2D eigenvalue weighted by Crippen LogP contribution is 2.28. The van der Waals surface area contributed by atoms with Gasteiger partial charge in [-0.15, -0.1) is 0 Å². The van der Waals surface area contributed by atoms with Crippen LogP contribution in [-0.2, 0) is 0 Å². The highest BCUT2D eigenvalue weighted by molar-refractivity contribution is 5.92. The zero-order valence-electron chi connectivity index (χ0n) is 11.6. The van der Waals surface area contributed by atoms with Crippen molar-refractivity contribution in [1.82, 2.24) is 9.88 Å². The number of pyridine rings is 1. The van der Waals surface area contributed by atoms with Gasteiger partial charge < -0.3 is 15.4 Å². The van der Waals surface area contributed by atoms with E-state index in [9.17, 15) is 4.79 Å². The molecule has 19 heavy (non-hydrogen) atoms. The standard InChI is InChI=1S/C14H21N3O2/c1-17(2)13(18)12-9-11(5-8-16-12)19-10-14(15)6-3-4-7-14/h5,8-9H,3-4,6-7,10,15H2,1-2H3. The van der Waals surface area contributed by atoms with Gasteiger partial charge in [-0.05, 0) is 18.9 Å². The molecule has 1 amide bonds. The van der Waals surface area contributed by atoms with Crippen molar-refractivity contribution < 1.29 is 9.53 Å². The second kappa shape index (κ2) is 5.57. The average Bonchev–Trinajstić information content (AvgIpc) is 2.83. The van der Waals surface area contributed by atoms with Crippen molar-refractivity contribution in [3.05, 3.63) is 24.0 Å². The first kappa shape index (κ1) is 13.8. The lowest BCUT2D eigenvalue weighted by Gasteiger charge is -2.23. The molecule has 1 saturated carbocycles. The molecular formula is C14H21N3O2. The van der Waals surface area contributed by atoms with Crippen LogP contribution in [0.15, 0.2) is 18.3 Å². The molecule has 1 heterocycles. The first-order valence-corrected chi connectivity index (χ1v) is 6.60. The van der Waals surface area contributed by atoms with Gasteiger partial charge in [-0.1, -0.05) is 12.8 Å². The lowest BCUT2D eigenvalue weighted by molar-refractivity contribution is 0.0821. The Bertz CT molecular complexity index is 454. The molecule has 5 heteroatoms. The van der Waals surface area contributed by atoms with Crippen LogP contribution in [0.5, 0.6) is 5.75 Å². The lowest BCUT2D eigenvalue weighted by atomic mass is 10.0. The third-order valence-electron chi connectivity index (χ3n) is 3.48. The minimum absolute atomic E-state index is 0.131. The fourth-order valence-electron chi connectivity index (χ4n) is 2.30. The summed E-state index contributed by atoms with van der Waals surface area (Å²) >= 11 is 0. The predicted molar refractivity (Wildman–Crippen MR) is 73.1 cm³/mol. The minimum atomic E-state index is -0.213. The van der Waals surface area contributed by atoms with E-state index in [1.165, 1.54) is 17.7 Å². The number of hydrogen-bond donors (Lipinski definition) is 1. The molecule has 1 aromatic rings. The summed E-state index contributed by atoms with van der Waals surface area (Å²) in [5.41, 5.74) is 6.41. The number of carbonyl (C=O) groups is 1.